The fraction of sp³-hybridized carbons (Fsp3) is 0.769. The molecule has 0 unspecified atom stereocenters. The van der Waals surface area contributed by atoms with Crippen LogP contribution >= 0.6 is 0 Å². The summed E-state index contributed by atoms with van der Waals surface area (Å²) in [5.41, 5.74) is 1.44. The predicted molar refractivity (Wildman–Crippen MR) is 62.4 cm³/mol. The highest BCUT2D eigenvalue weighted by atomic mass is 16.1. The zero-order valence-electron chi connectivity index (χ0n) is 10.1. The third-order valence-corrected chi connectivity index (χ3v) is 2.34. The second kappa shape index (κ2) is 7.78. The molecular formula is C13H24O. The van der Waals surface area contributed by atoms with Crippen LogP contribution in [0.3, 0.4) is 0 Å². The summed E-state index contributed by atoms with van der Waals surface area (Å²) in [5, 5.41) is 0. The minimum atomic E-state index is 0.306. The van der Waals surface area contributed by atoms with Gasteiger partial charge in [0.15, 0.2) is 0 Å². The van der Waals surface area contributed by atoms with Gasteiger partial charge >= 0.3 is 0 Å². The fourth-order valence-corrected chi connectivity index (χ4v) is 1.38. The maximum Gasteiger partial charge on any atom is 0.129 e. The van der Waals surface area contributed by atoms with Gasteiger partial charge in [-0.05, 0) is 45.4 Å². The fourth-order valence-electron chi connectivity index (χ4n) is 1.38. The second-order valence-corrected chi connectivity index (χ2v) is 4.58. The Morgan fingerprint density at radius 1 is 1.21 bits per heavy atom. The Kier molecular flexibility index (Phi) is 7.45. The minimum absolute atomic E-state index is 0.306. The minimum Gasteiger partial charge on any atom is -0.300 e. The van der Waals surface area contributed by atoms with Gasteiger partial charge in [0.25, 0.3) is 0 Å². The van der Waals surface area contributed by atoms with Crippen LogP contribution in [-0.2, 0) is 4.79 Å². The number of carbonyl (C=O) groups excluding carboxylic acids is 1. The predicted octanol–water partition coefficient (Wildman–Crippen LogP) is 4.13. The standard InChI is InChI=1S/C13H24O/c1-11(2)7-5-8-12(3)9-6-10-13(4)14/h8,11H,5-7,9-10H2,1-4H3. The quantitative estimate of drug-likeness (QED) is 0.560. The second-order valence-electron chi connectivity index (χ2n) is 4.58. The van der Waals surface area contributed by atoms with E-state index in [1.54, 1.807) is 6.92 Å². The maximum absolute atomic E-state index is 10.7. The summed E-state index contributed by atoms with van der Waals surface area (Å²) in [4.78, 5) is 10.7. The van der Waals surface area contributed by atoms with E-state index in [0.29, 0.717) is 5.78 Å². The zero-order valence-corrected chi connectivity index (χ0v) is 10.1. The molecule has 0 aliphatic heterocycles. The summed E-state index contributed by atoms with van der Waals surface area (Å²) in [6, 6.07) is 0. The Labute approximate surface area is 88.6 Å². The summed E-state index contributed by atoms with van der Waals surface area (Å²) >= 11 is 0. The molecule has 1 nitrogen and oxygen atoms in total. The Balaban J connectivity index is 3.51. The molecule has 0 amide bonds. The molecule has 14 heavy (non-hydrogen) atoms. The highest BCUT2D eigenvalue weighted by molar-refractivity contribution is 5.75. The molecule has 0 saturated heterocycles. The number of hydrogen-bond acceptors (Lipinski definition) is 1. The number of Topliss-reactive ketones (excluding diaryl/α,β-unsaturated/α-hetero) is 1. The van der Waals surface area contributed by atoms with Gasteiger partial charge in [-0.15, -0.1) is 0 Å². The Hall–Kier alpha value is -0.590. The van der Waals surface area contributed by atoms with Crippen LogP contribution in [0.5, 0.6) is 0 Å². The summed E-state index contributed by atoms with van der Waals surface area (Å²) < 4.78 is 0. The van der Waals surface area contributed by atoms with Crippen molar-refractivity contribution >= 4 is 5.78 Å². The van der Waals surface area contributed by atoms with Crippen LogP contribution in [-0.4, -0.2) is 5.78 Å². The van der Waals surface area contributed by atoms with Crippen molar-refractivity contribution in [2.24, 2.45) is 5.92 Å². The molecule has 0 heterocycles. The van der Waals surface area contributed by atoms with E-state index >= 15 is 0 Å². The number of ketones is 1. The molecular weight excluding hydrogens is 172 g/mol. The largest absolute Gasteiger partial charge is 0.300 e. The molecule has 0 aliphatic carbocycles. The lowest BCUT2D eigenvalue weighted by Crippen LogP contribution is -1.90. The maximum atomic E-state index is 10.7. The lowest BCUT2D eigenvalue weighted by Gasteiger charge is -2.02. The average molecular weight is 196 g/mol. The van der Waals surface area contributed by atoms with E-state index in [-0.39, 0.29) is 0 Å². The molecule has 0 N–H and O–H groups in total. The van der Waals surface area contributed by atoms with Crippen LogP contribution in [0, 0.1) is 5.92 Å². The zero-order chi connectivity index (χ0) is 11.0. The number of allylic oxidation sites excluding steroid dienone is 2. The van der Waals surface area contributed by atoms with E-state index in [1.807, 2.05) is 0 Å². The van der Waals surface area contributed by atoms with Crippen molar-refractivity contribution in [3.8, 4) is 0 Å². The van der Waals surface area contributed by atoms with E-state index in [9.17, 15) is 4.79 Å². The molecule has 0 aromatic heterocycles. The van der Waals surface area contributed by atoms with Crippen molar-refractivity contribution in [3.05, 3.63) is 11.6 Å². The summed E-state index contributed by atoms with van der Waals surface area (Å²) in [6.45, 7) is 8.33. The van der Waals surface area contributed by atoms with E-state index in [1.165, 1.54) is 18.4 Å². The molecule has 0 aromatic rings. The van der Waals surface area contributed by atoms with Gasteiger partial charge in [-0.3, -0.25) is 0 Å². The molecule has 0 spiro atoms. The molecule has 0 radical (unpaired) electrons. The van der Waals surface area contributed by atoms with E-state index in [2.05, 4.69) is 26.8 Å². The average Bonchev–Trinajstić information content (AvgIpc) is 2.02. The molecule has 0 fully saturated rings. The highest BCUT2D eigenvalue weighted by Crippen LogP contribution is 2.11. The Morgan fingerprint density at radius 3 is 2.36 bits per heavy atom. The van der Waals surface area contributed by atoms with Gasteiger partial charge < -0.3 is 4.79 Å². The van der Waals surface area contributed by atoms with Crippen molar-refractivity contribution in [1.82, 2.24) is 0 Å². The number of hydrogen-bond donors (Lipinski definition) is 0. The number of rotatable bonds is 7. The third kappa shape index (κ3) is 9.50. The van der Waals surface area contributed by atoms with E-state index in [4.69, 9.17) is 0 Å². The lowest BCUT2D eigenvalue weighted by molar-refractivity contribution is -0.117. The van der Waals surface area contributed by atoms with Crippen LogP contribution in [0.4, 0.5) is 0 Å². The number of carbonyl (C=O) groups is 1. The molecule has 0 saturated carbocycles. The molecule has 0 aromatic carbocycles. The normalized spacial score (nSPS) is 12.2. The van der Waals surface area contributed by atoms with Gasteiger partial charge in [0.2, 0.25) is 0 Å². The van der Waals surface area contributed by atoms with Crippen LogP contribution in [0.25, 0.3) is 0 Å². The summed E-state index contributed by atoms with van der Waals surface area (Å²) in [5.74, 6) is 1.09. The SMILES string of the molecule is CC(=O)CCCC(C)=CCCC(C)C. The topological polar surface area (TPSA) is 17.1 Å². The van der Waals surface area contributed by atoms with Crippen LogP contribution in [0.1, 0.15) is 59.8 Å². The van der Waals surface area contributed by atoms with Gasteiger partial charge in [0.05, 0.1) is 0 Å². The first-order valence-electron chi connectivity index (χ1n) is 5.67. The molecule has 0 aliphatic rings. The van der Waals surface area contributed by atoms with E-state index < -0.39 is 0 Å². The van der Waals surface area contributed by atoms with Crippen molar-refractivity contribution in [2.75, 3.05) is 0 Å². The molecule has 1 heteroatoms. The van der Waals surface area contributed by atoms with Gasteiger partial charge in [-0.25, -0.2) is 0 Å². The van der Waals surface area contributed by atoms with Crippen molar-refractivity contribution in [2.45, 2.75) is 59.8 Å². The highest BCUT2D eigenvalue weighted by Gasteiger charge is 1.95. The van der Waals surface area contributed by atoms with Gasteiger partial charge in [0.1, 0.15) is 5.78 Å². The first-order chi connectivity index (χ1) is 6.52. The van der Waals surface area contributed by atoms with Crippen molar-refractivity contribution in [1.29, 1.82) is 0 Å². The molecule has 82 valence electrons. The lowest BCUT2D eigenvalue weighted by atomic mass is 10.0. The molecule has 0 atom stereocenters. The van der Waals surface area contributed by atoms with Crippen LogP contribution in [0.15, 0.2) is 11.6 Å². The van der Waals surface area contributed by atoms with Crippen molar-refractivity contribution < 1.29 is 4.79 Å². The smallest absolute Gasteiger partial charge is 0.129 e. The monoisotopic (exact) mass is 196 g/mol. The first-order valence-corrected chi connectivity index (χ1v) is 5.67. The van der Waals surface area contributed by atoms with Crippen molar-refractivity contribution in [3.63, 3.8) is 0 Å². The van der Waals surface area contributed by atoms with Gasteiger partial charge in [-0.2, -0.15) is 0 Å². The van der Waals surface area contributed by atoms with Gasteiger partial charge in [-0.1, -0.05) is 25.5 Å². The van der Waals surface area contributed by atoms with Crippen LogP contribution < -0.4 is 0 Å². The molecule has 0 bridgehead atoms. The summed E-state index contributed by atoms with van der Waals surface area (Å²) in [6.07, 6.45) is 7.60. The summed E-state index contributed by atoms with van der Waals surface area (Å²) in [7, 11) is 0. The van der Waals surface area contributed by atoms with Crippen LogP contribution in [0.2, 0.25) is 0 Å². The first kappa shape index (κ1) is 13.4. The van der Waals surface area contributed by atoms with Gasteiger partial charge in [0, 0.05) is 6.42 Å². The Bertz CT molecular complexity index is 189. The molecule has 0 rings (SSSR count). The Morgan fingerprint density at radius 2 is 1.86 bits per heavy atom. The third-order valence-electron chi connectivity index (χ3n) is 2.34. The van der Waals surface area contributed by atoms with E-state index in [0.717, 1.165) is 25.2 Å².